The van der Waals surface area contributed by atoms with Crippen molar-refractivity contribution >= 4 is 0 Å². The molecule has 0 atom stereocenters. The molecule has 1 rings (SSSR count). The van der Waals surface area contributed by atoms with Crippen LogP contribution in [0.4, 0.5) is 0 Å². The van der Waals surface area contributed by atoms with Crippen molar-refractivity contribution in [2.24, 2.45) is 0 Å². The third-order valence-electron chi connectivity index (χ3n) is 1.45. The molecule has 64 valence electrons. The van der Waals surface area contributed by atoms with E-state index in [1.165, 1.54) is 11.1 Å². The van der Waals surface area contributed by atoms with Gasteiger partial charge in [-0.25, -0.2) is 0 Å². The summed E-state index contributed by atoms with van der Waals surface area (Å²) in [5.74, 6) is 0. The van der Waals surface area contributed by atoms with Crippen molar-refractivity contribution in [3.8, 4) is 6.07 Å². The zero-order chi connectivity index (χ0) is 8.27. The number of aromatic nitrogens is 1. The summed E-state index contributed by atoms with van der Waals surface area (Å²) in [7, 11) is 0. The first-order valence-electron chi connectivity index (χ1n) is 3.56. The quantitative estimate of drug-likeness (QED) is 0.468. The summed E-state index contributed by atoms with van der Waals surface area (Å²) in [5.41, 5.74) is 2.39. The van der Waals surface area contributed by atoms with Gasteiger partial charge in [-0.15, -0.1) is 0 Å². The maximum atomic E-state index is 8.43. The molecule has 0 saturated heterocycles. The van der Waals surface area contributed by atoms with Gasteiger partial charge in [0.2, 0.25) is 6.54 Å². The van der Waals surface area contributed by atoms with Gasteiger partial charge in [-0.1, -0.05) is 0 Å². The summed E-state index contributed by atoms with van der Waals surface area (Å²) in [6, 6.07) is 4.19. The summed E-state index contributed by atoms with van der Waals surface area (Å²) in [6.07, 6.45) is 3.94. The summed E-state index contributed by atoms with van der Waals surface area (Å²) in [5, 5.41) is 8.43. The minimum Gasteiger partial charge on any atom is -1.00 e. The maximum absolute atomic E-state index is 8.43. The Balaban J connectivity index is 0.00000121. The van der Waals surface area contributed by atoms with Crippen LogP contribution < -0.4 is 17.0 Å². The molecule has 1 heterocycles. The number of halogens is 1. The summed E-state index contributed by atoms with van der Waals surface area (Å²) in [6.45, 7) is 4.49. The third-order valence-corrected chi connectivity index (χ3v) is 1.45. The van der Waals surface area contributed by atoms with Crippen molar-refractivity contribution in [2.45, 2.75) is 20.4 Å². The topological polar surface area (TPSA) is 27.7 Å². The number of pyridine rings is 1. The second kappa shape index (κ2) is 4.74. The zero-order valence-electron chi connectivity index (χ0n) is 7.21. The van der Waals surface area contributed by atoms with Gasteiger partial charge in [0, 0.05) is 11.1 Å². The molecule has 0 aliphatic carbocycles. The van der Waals surface area contributed by atoms with Gasteiger partial charge in [-0.05, 0) is 19.9 Å². The lowest BCUT2D eigenvalue weighted by atomic mass is 10.2. The van der Waals surface area contributed by atoms with E-state index in [4.69, 9.17) is 5.26 Å². The first kappa shape index (κ1) is 10.9. The predicted octanol–water partition coefficient (Wildman–Crippen LogP) is -1.88. The van der Waals surface area contributed by atoms with Gasteiger partial charge < -0.3 is 12.4 Å². The van der Waals surface area contributed by atoms with Crippen molar-refractivity contribution < 1.29 is 17.0 Å². The Bertz CT molecular complexity index is 282. The number of nitrogens with zero attached hydrogens (tertiary/aromatic N) is 2. The summed E-state index contributed by atoms with van der Waals surface area (Å²) in [4.78, 5) is 0. The van der Waals surface area contributed by atoms with Crippen LogP contribution in [-0.4, -0.2) is 0 Å². The lowest BCUT2D eigenvalue weighted by Crippen LogP contribution is -3.00. The van der Waals surface area contributed by atoms with E-state index in [-0.39, 0.29) is 12.4 Å². The van der Waals surface area contributed by atoms with Gasteiger partial charge >= 0.3 is 0 Å². The highest BCUT2D eigenvalue weighted by Gasteiger charge is 1.99. The second-order valence-corrected chi connectivity index (χ2v) is 2.72. The Morgan fingerprint density at radius 3 is 2.25 bits per heavy atom. The van der Waals surface area contributed by atoms with Crippen molar-refractivity contribution in [1.29, 1.82) is 5.26 Å². The van der Waals surface area contributed by atoms with Crippen LogP contribution in [0.2, 0.25) is 0 Å². The Morgan fingerprint density at radius 1 is 1.33 bits per heavy atom. The molecule has 0 aliphatic rings. The standard InChI is InChI=1S/C9H11N2.ClH/c1-8-5-9(2)7-11(6-8)4-3-10;/h5-7H,4H2,1-2H3;1H/q+1;/p-1. The molecular weight excluding hydrogens is 172 g/mol. The van der Waals surface area contributed by atoms with E-state index in [2.05, 4.69) is 12.1 Å². The van der Waals surface area contributed by atoms with E-state index in [9.17, 15) is 0 Å². The average molecular weight is 183 g/mol. The van der Waals surface area contributed by atoms with Crippen LogP contribution in [0.5, 0.6) is 0 Å². The fourth-order valence-corrected chi connectivity index (χ4v) is 1.17. The Morgan fingerprint density at radius 2 is 1.83 bits per heavy atom. The summed E-state index contributed by atoms with van der Waals surface area (Å²) >= 11 is 0. The van der Waals surface area contributed by atoms with Crippen LogP contribution >= 0.6 is 0 Å². The highest BCUT2D eigenvalue weighted by atomic mass is 35.5. The van der Waals surface area contributed by atoms with Crippen molar-refractivity contribution in [3.63, 3.8) is 0 Å². The Kier molecular flexibility index (Phi) is 4.31. The zero-order valence-corrected chi connectivity index (χ0v) is 7.97. The molecule has 1 aromatic rings. The third kappa shape index (κ3) is 2.89. The van der Waals surface area contributed by atoms with Crippen LogP contribution in [0.15, 0.2) is 18.5 Å². The van der Waals surface area contributed by atoms with E-state index in [0.717, 1.165) is 0 Å². The molecule has 0 saturated carbocycles. The minimum absolute atomic E-state index is 0. The second-order valence-electron chi connectivity index (χ2n) is 2.72. The number of rotatable bonds is 1. The van der Waals surface area contributed by atoms with E-state index in [1.807, 2.05) is 30.8 Å². The molecule has 0 radical (unpaired) electrons. The number of nitriles is 1. The first-order valence-corrected chi connectivity index (χ1v) is 3.56. The molecule has 3 heteroatoms. The average Bonchev–Trinajstić information content (AvgIpc) is 1.85. The molecule has 0 N–H and O–H groups in total. The fourth-order valence-electron chi connectivity index (χ4n) is 1.17. The minimum atomic E-state index is 0. The largest absolute Gasteiger partial charge is 1.00 e. The van der Waals surface area contributed by atoms with Crippen molar-refractivity contribution in [2.75, 3.05) is 0 Å². The first-order chi connectivity index (χ1) is 5.22. The van der Waals surface area contributed by atoms with Crippen LogP contribution in [0.1, 0.15) is 11.1 Å². The molecule has 0 spiro atoms. The van der Waals surface area contributed by atoms with Crippen LogP contribution in [-0.2, 0) is 6.54 Å². The molecule has 12 heavy (non-hydrogen) atoms. The summed E-state index contributed by atoms with van der Waals surface area (Å²) < 4.78 is 1.89. The van der Waals surface area contributed by atoms with Gasteiger partial charge in [0.25, 0.3) is 0 Å². The maximum Gasteiger partial charge on any atom is 0.233 e. The molecule has 2 nitrogen and oxygen atoms in total. The van der Waals surface area contributed by atoms with Gasteiger partial charge in [0.05, 0.1) is 0 Å². The predicted molar refractivity (Wildman–Crippen MR) is 41.7 cm³/mol. The number of hydrogen-bond acceptors (Lipinski definition) is 1. The lowest BCUT2D eigenvalue weighted by molar-refractivity contribution is -0.685. The molecule has 0 bridgehead atoms. The molecule has 0 amide bonds. The molecule has 0 aromatic carbocycles. The van der Waals surface area contributed by atoms with Crippen molar-refractivity contribution in [1.82, 2.24) is 0 Å². The molecule has 0 aliphatic heterocycles. The van der Waals surface area contributed by atoms with Gasteiger partial charge in [0.1, 0.15) is 6.07 Å². The smallest absolute Gasteiger partial charge is 0.233 e. The Hall–Kier alpha value is -1.07. The van der Waals surface area contributed by atoms with Gasteiger partial charge in [-0.3, -0.25) is 0 Å². The van der Waals surface area contributed by atoms with Crippen LogP contribution in [0, 0.1) is 25.2 Å². The Labute approximate surface area is 78.9 Å². The van der Waals surface area contributed by atoms with E-state index < -0.39 is 0 Å². The monoisotopic (exact) mass is 182 g/mol. The van der Waals surface area contributed by atoms with E-state index >= 15 is 0 Å². The van der Waals surface area contributed by atoms with E-state index in [0.29, 0.717) is 6.54 Å². The normalized spacial score (nSPS) is 8.42. The van der Waals surface area contributed by atoms with E-state index in [1.54, 1.807) is 0 Å². The molecular formula is C9H11ClN2. The number of hydrogen-bond donors (Lipinski definition) is 0. The molecule has 1 aromatic heterocycles. The van der Waals surface area contributed by atoms with Crippen LogP contribution in [0.25, 0.3) is 0 Å². The van der Waals surface area contributed by atoms with Gasteiger partial charge in [0.15, 0.2) is 12.4 Å². The lowest BCUT2D eigenvalue weighted by Gasteiger charge is -1.93. The highest BCUT2D eigenvalue weighted by molar-refractivity contribution is 5.11. The molecule has 0 fully saturated rings. The van der Waals surface area contributed by atoms with Crippen LogP contribution in [0.3, 0.4) is 0 Å². The van der Waals surface area contributed by atoms with Gasteiger partial charge in [-0.2, -0.15) is 9.83 Å². The highest BCUT2D eigenvalue weighted by Crippen LogP contribution is 1.96. The number of aryl methyl sites for hydroxylation is 2. The fraction of sp³-hybridized carbons (Fsp3) is 0.333. The molecule has 0 unspecified atom stereocenters. The SMILES string of the molecule is Cc1cc(C)c[n+](CC#N)c1.[Cl-]. The van der Waals surface area contributed by atoms with Crippen molar-refractivity contribution in [3.05, 3.63) is 29.6 Å².